The van der Waals surface area contributed by atoms with E-state index in [-0.39, 0.29) is 5.91 Å². The molecule has 20 heavy (non-hydrogen) atoms. The van der Waals surface area contributed by atoms with Gasteiger partial charge in [0, 0.05) is 17.6 Å². The number of carbonyl (C=O) groups is 1. The maximum Gasteiger partial charge on any atom is 0.231 e. The molecule has 0 aliphatic heterocycles. The molecule has 2 rings (SSSR count). The molecule has 0 aromatic heterocycles. The van der Waals surface area contributed by atoms with E-state index in [1.54, 1.807) is 30.1 Å². The number of likely N-dealkylation sites (N-methyl/N-ethyl adjacent to an activating group) is 1. The Morgan fingerprint density at radius 3 is 2.60 bits per heavy atom. The van der Waals surface area contributed by atoms with Crippen molar-refractivity contribution in [2.24, 2.45) is 0 Å². The normalized spacial score (nSPS) is 9.85. The average molecular weight is 282 g/mol. The minimum Gasteiger partial charge on any atom is -0.315 e. The second kappa shape index (κ2) is 6.27. The molecule has 3 nitrogen and oxygen atoms in total. The van der Waals surface area contributed by atoms with Gasteiger partial charge in [0.25, 0.3) is 0 Å². The van der Waals surface area contributed by atoms with E-state index in [1.807, 2.05) is 30.3 Å². The van der Waals surface area contributed by atoms with Crippen LogP contribution in [0, 0.1) is 11.3 Å². The number of hydrogen-bond donors (Lipinski definition) is 1. The first kappa shape index (κ1) is 14.2. The van der Waals surface area contributed by atoms with E-state index in [9.17, 15) is 4.79 Å². The van der Waals surface area contributed by atoms with Crippen LogP contribution in [-0.2, 0) is 11.2 Å². The number of nitriles is 1. The SMILES string of the molecule is CN(C(=O)Cc1ccc(S)cc1)c1cccc(C#N)c1. The summed E-state index contributed by atoms with van der Waals surface area (Å²) in [4.78, 5) is 14.7. The molecule has 0 aliphatic rings. The van der Waals surface area contributed by atoms with Crippen molar-refractivity contribution in [2.75, 3.05) is 11.9 Å². The first-order chi connectivity index (χ1) is 9.60. The zero-order valence-corrected chi connectivity index (χ0v) is 12.0. The Hall–Kier alpha value is -2.25. The van der Waals surface area contributed by atoms with Gasteiger partial charge >= 0.3 is 0 Å². The monoisotopic (exact) mass is 282 g/mol. The van der Waals surface area contributed by atoms with Gasteiger partial charge in [-0.15, -0.1) is 12.6 Å². The van der Waals surface area contributed by atoms with Gasteiger partial charge in [-0.1, -0.05) is 18.2 Å². The number of rotatable bonds is 3. The van der Waals surface area contributed by atoms with E-state index < -0.39 is 0 Å². The van der Waals surface area contributed by atoms with Crippen LogP contribution in [-0.4, -0.2) is 13.0 Å². The molecule has 0 N–H and O–H groups in total. The Balaban J connectivity index is 2.12. The molecule has 0 saturated carbocycles. The first-order valence-electron chi connectivity index (χ1n) is 6.15. The summed E-state index contributed by atoms with van der Waals surface area (Å²) in [7, 11) is 1.71. The van der Waals surface area contributed by atoms with Gasteiger partial charge in [-0.25, -0.2) is 0 Å². The topological polar surface area (TPSA) is 44.1 Å². The van der Waals surface area contributed by atoms with Gasteiger partial charge in [0.15, 0.2) is 0 Å². The van der Waals surface area contributed by atoms with Crippen molar-refractivity contribution in [2.45, 2.75) is 11.3 Å². The van der Waals surface area contributed by atoms with E-state index in [1.165, 1.54) is 0 Å². The lowest BCUT2D eigenvalue weighted by atomic mass is 10.1. The highest BCUT2D eigenvalue weighted by atomic mass is 32.1. The standard InChI is InChI=1S/C16H14N2OS/c1-18(14-4-2-3-13(9-14)11-17)16(19)10-12-5-7-15(20)8-6-12/h2-9,20H,10H2,1H3. The third-order valence-corrected chi connectivity index (χ3v) is 3.33. The van der Waals surface area contributed by atoms with Gasteiger partial charge in [-0.05, 0) is 35.9 Å². The summed E-state index contributed by atoms with van der Waals surface area (Å²) in [5.41, 5.74) is 2.21. The van der Waals surface area contributed by atoms with E-state index in [0.29, 0.717) is 12.0 Å². The first-order valence-corrected chi connectivity index (χ1v) is 6.59. The maximum atomic E-state index is 12.2. The Morgan fingerprint density at radius 1 is 1.25 bits per heavy atom. The van der Waals surface area contributed by atoms with Crippen molar-refractivity contribution in [1.82, 2.24) is 0 Å². The van der Waals surface area contributed by atoms with Crippen LogP contribution in [0.1, 0.15) is 11.1 Å². The molecular formula is C16H14N2OS. The lowest BCUT2D eigenvalue weighted by Crippen LogP contribution is -2.27. The maximum absolute atomic E-state index is 12.2. The smallest absolute Gasteiger partial charge is 0.231 e. The third-order valence-electron chi connectivity index (χ3n) is 3.03. The Bertz CT molecular complexity index is 659. The van der Waals surface area contributed by atoms with Crippen LogP contribution in [0.2, 0.25) is 0 Å². The van der Waals surface area contributed by atoms with Gasteiger partial charge in [0.2, 0.25) is 5.91 Å². The number of anilines is 1. The number of amides is 1. The predicted molar refractivity (Wildman–Crippen MR) is 82.0 cm³/mol. The fraction of sp³-hybridized carbons (Fsp3) is 0.125. The van der Waals surface area contributed by atoms with Crippen molar-refractivity contribution in [1.29, 1.82) is 5.26 Å². The number of thiol groups is 1. The van der Waals surface area contributed by atoms with Gasteiger partial charge in [-0.2, -0.15) is 5.26 Å². The van der Waals surface area contributed by atoms with E-state index in [0.717, 1.165) is 16.1 Å². The number of hydrogen-bond acceptors (Lipinski definition) is 3. The molecule has 0 aliphatic carbocycles. The van der Waals surface area contributed by atoms with Gasteiger partial charge in [0.05, 0.1) is 18.1 Å². The van der Waals surface area contributed by atoms with Gasteiger partial charge in [0.1, 0.15) is 0 Å². The fourth-order valence-electron chi connectivity index (χ4n) is 1.84. The second-order valence-electron chi connectivity index (χ2n) is 4.46. The van der Waals surface area contributed by atoms with Gasteiger partial charge in [-0.3, -0.25) is 4.79 Å². The molecule has 0 saturated heterocycles. The molecule has 100 valence electrons. The van der Waals surface area contributed by atoms with Crippen LogP contribution in [0.5, 0.6) is 0 Å². The quantitative estimate of drug-likeness (QED) is 0.879. The average Bonchev–Trinajstić information content (AvgIpc) is 2.48. The van der Waals surface area contributed by atoms with Crippen molar-refractivity contribution < 1.29 is 4.79 Å². The molecule has 4 heteroatoms. The molecule has 0 bridgehead atoms. The summed E-state index contributed by atoms with van der Waals surface area (Å²) in [6.45, 7) is 0. The molecule has 0 fully saturated rings. The largest absolute Gasteiger partial charge is 0.315 e. The van der Waals surface area contributed by atoms with Crippen LogP contribution < -0.4 is 4.90 Å². The Kier molecular flexibility index (Phi) is 4.44. The molecule has 0 heterocycles. The lowest BCUT2D eigenvalue weighted by molar-refractivity contribution is -0.117. The molecule has 0 atom stereocenters. The summed E-state index contributed by atoms with van der Waals surface area (Å²) in [5, 5.41) is 8.88. The van der Waals surface area contributed by atoms with Crippen molar-refractivity contribution in [3.8, 4) is 6.07 Å². The number of carbonyl (C=O) groups excluding carboxylic acids is 1. The van der Waals surface area contributed by atoms with Crippen molar-refractivity contribution in [3.63, 3.8) is 0 Å². The highest BCUT2D eigenvalue weighted by molar-refractivity contribution is 7.80. The molecule has 2 aromatic rings. The second-order valence-corrected chi connectivity index (χ2v) is 4.97. The van der Waals surface area contributed by atoms with Crippen LogP contribution >= 0.6 is 12.6 Å². The molecule has 1 amide bonds. The fourth-order valence-corrected chi connectivity index (χ4v) is 1.98. The highest BCUT2D eigenvalue weighted by Crippen LogP contribution is 2.16. The predicted octanol–water partition coefficient (Wildman–Crippen LogP) is 3.05. The summed E-state index contributed by atoms with van der Waals surface area (Å²) >= 11 is 4.22. The van der Waals surface area contributed by atoms with Crippen LogP contribution in [0.15, 0.2) is 53.4 Å². The molecular weight excluding hydrogens is 268 g/mol. The molecule has 0 spiro atoms. The molecule has 0 unspecified atom stereocenters. The zero-order valence-electron chi connectivity index (χ0n) is 11.1. The summed E-state index contributed by atoms with van der Waals surface area (Å²) < 4.78 is 0. The summed E-state index contributed by atoms with van der Waals surface area (Å²) in [5.74, 6) is -0.0213. The minimum atomic E-state index is -0.0213. The van der Waals surface area contributed by atoms with Crippen LogP contribution in [0.4, 0.5) is 5.69 Å². The number of nitrogens with zero attached hydrogens (tertiary/aromatic N) is 2. The van der Waals surface area contributed by atoms with Gasteiger partial charge < -0.3 is 4.90 Å². The van der Waals surface area contributed by atoms with Crippen LogP contribution in [0.3, 0.4) is 0 Å². The Labute approximate surface area is 123 Å². The van der Waals surface area contributed by atoms with E-state index >= 15 is 0 Å². The molecule has 2 aromatic carbocycles. The molecule has 0 radical (unpaired) electrons. The third kappa shape index (κ3) is 3.40. The highest BCUT2D eigenvalue weighted by Gasteiger charge is 2.12. The lowest BCUT2D eigenvalue weighted by Gasteiger charge is -2.17. The van der Waals surface area contributed by atoms with E-state index in [2.05, 4.69) is 18.7 Å². The van der Waals surface area contributed by atoms with E-state index in [4.69, 9.17) is 5.26 Å². The summed E-state index contributed by atoms with van der Waals surface area (Å²) in [6, 6.07) is 16.6. The Morgan fingerprint density at radius 2 is 1.95 bits per heavy atom. The van der Waals surface area contributed by atoms with Crippen LogP contribution in [0.25, 0.3) is 0 Å². The van der Waals surface area contributed by atoms with Crippen molar-refractivity contribution >= 4 is 24.2 Å². The minimum absolute atomic E-state index is 0.0213. The zero-order chi connectivity index (χ0) is 14.5. The number of benzene rings is 2. The van der Waals surface area contributed by atoms with Crippen molar-refractivity contribution in [3.05, 3.63) is 59.7 Å². The summed E-state index contributed by atoms with van der Waals surface area (Å²) in [6.07, 6.45) is 0.321.